The number of nitrogens with zero attached hydrogens (tertiary/aromatic N) is 3. The number of aliphatic imine (C=N–C) groups is 1. The van der Waals surface area contributed by atoms with E-state index in [9.17, 15) is 9.59 Å². The maximum atomic E-state index is 11.9. The average Bonchev–Trinajstić information content (AvgIpc) is 3.29. The molecule has 1 fully saturated rings. The number of amides is 2. The summed E-state index contributed by atoms with van der Waals surface area (Å²) in [4.78, 5) is 33.7. The third kappa shape index (κ3) is 5.43. The van der Waals surface area contributed by atoms with Crippen molar-refractivity contribution in [1.82, 2.24) is 4.98 Å². The number of aromatic nitrogens is 1. The quantitative estimate of drug-likeness (QED) is 0.552. The van der Waals surface area contributed by atoms with Gasteiger partial charge in [0.15, 0.2) is 0 Å². The van der Waals surface area contributed by atoms with Crippen LogP contribution in [-0.2, 0) is 4.79 Å². The highest BCUT2D eigenvalue weighted by Crippen LogP contribution is 2.31. The van der Waals surface area contributed by atoms with Crippen LogP contribution in [-0.4, -0.2) is 35.6 Å². The topological polar surface area (TPSA) is 107 Å². The smallest absolute Gasteiger partial charge is 0.269 e. The fraction of sp³-hybridized carbons (Fsp3) is 0.120. The highest BCUT2D eigenvalue weighted by atomic mass is 16.5. The summed E-state index contributed by atoms with van der Waals surface area (Å²) in [5.74, 6) is 1.75. The number of primary amides is 1. The number of nitrogens with two attached hydrogens (primary N) is 1. The predicted octanol–water partition coefficient (Wildman–Crippen LogP) is 4.13. The SMILES string of the molecule is C=CC(=O)N=C1CCN(c2cc(Oc3ccc(Oc4ccccc4)cc3)c(C(N)=O)cn2)C1. The number of ether oxygens (including phenoxy) is 2. The van der Waals surface area contributed by atoms with Gasteiger partial charge in [-0.05, 0) is 42.5 Å². The van der Waals surface area contributed by atoms with Gasteiger partial charge in [0, 0.05) is 30.9 Å². The summed E-state index contributed by atoms with van der Waals surface area (Å²) in [6, 6.07) is 18.1. The van der Waals surface area contributed by atoms with E-state index in [1.54, 1.807) is 30.3 Å². The van der Waals surface area contributed by atoms with Crippen LogP contribution in [0.3, 0.4) is 0 Å². The number of rotatable bonds is 7. The Morgan fingerprint density at radius 2 is 1.70 bits per heavy atom. The second-order valence-corrected chi connectivity index (χ2v) is 7.28. The van der Waals surface area contributed by atoms with Crippen LogP contribution in [0.2, 0.25) is 0 Å². The van der Waals surface area contributed by atoms with Crippen molar-refractivity contribution in [2.75, 3.05) is 18.0 Å². The molecule has 2 amide bonds. The molecular weight excluding hydrogens is 420 g/mol. The summed E-state index contributed by atoms with van der Waals surface area (Å²) >= 11 is 0. The van der Waals surface area contributed by atoms with Crippen molar-refractivity contribution in [2.24, 2.45) is 10.7 Å². The number of para-hydroxylation sites is 1. The minimum Gasteiger partial charge on any atom is -0.457 e. The highest BCUT2D eigenvalue weighted by Gasteiger charge is 2.22. The molecule has 0 atom stereocenters. The number of benzene rings is 2. The van der Waals surface area contributed by atoms with E-state index >= 15 is 0 Å². The Morgan fingerprint density at radius 3 is 2.36 bits per heavy atom. The molecule has 33 heavy (non-hydrogen) atoms. The fourth-order valence-electron chi connectivity index (χ4n) is 3.33. The molecule has 8 nitrogen and oxygen atoms in total. The Balaban J connectivity index is 1.52. The monoisotopic (exact) mass is 442 g/mol. The van der Waals surface area contributed by atoms with Gasteiger partial charge in [0.2, 0.25) is 0 Å². The molecule has 0 bridgehead atoms. The standard InChI is InChI=1S/C25H22N4O4/c1-2-24(30)28-17-12-13-29(16-17)23-14-22(21(15-27-23)25(26)31)33-20-10-8-19(9-11-20)32-18-6-4-3-5-7-18/h2-11,14-15H,1,12-13,16H2,(H2,26,31). The largest absolute Gasteiger partial charge is 0.457 e. The second kappa shape index (κ2) is 9.78. The Labute approximate surface area is 191 Å². The first-order valence-corrected chi connectivity index (χ1v) is 10.3. The maximum absolute atomic E-state index is 11.9. The van der Waals surface area contributed by atoms with Crippen LogP contribution < -0.4 is 20.1 Å². The molecule has 2 aromatic carbocycles. The van der Waals surface area contributed by atoms with Crippen LogP contribution in [0, 0.1) is 0 Å². The molecule has 0 saturated carbocycles. The van der Waals surface area contributed by atoms with E-state index in [1.807, 2.05) is 35.2 Å². The molecule has 2 heterocycles. The van der Waals surface area contributed by atoms with Gasteiger partial charge < -0.3 is 20.1 Å². The number of carbonyl (C=O) groups is 2. The number of pyridine rings is 1. The molecule has 1 aliphatic rings. The van der Waals surface area contributed by atoms with Crippen LogP contribution in [0.5, 0.6) is 23.0 Å². The van der Waals surface area contributed by atoms with Crippen molar-refractivity contribution in [1.29, 1.82) is 0 Å². The normalized spacial score (nSPS) is 14.2. The molecule has 4 rings (SSSR count). The zero-order valence-corrected chi connectivity index (χ0v) is 17.8. The summed E-state index contributed by atoms with van der Waals surface area (Å²) in [5.41, 5.74) is 6.43. The van der Waals surface area contributed by atoms with Crippen molar-refractivity contribution in [2.45, 2.75) is 6.42 Å². The molecule has 1 aromatic heterocycles. The van der Waals surface area contributed by atoms with Crippen molar-refractivity contribution in [3.05, 3.63) is 85.1 Å². The van der Waals surface area contributed by atoms with Gasteiger partial charge in [-0.3, -0.25) is 9.59 Å². The van der Waals surface area contributed by atoms with Crippen molar-refractivity contribution in [3.8, 4) is 23.0 Å². The Kier molecular flexibility index (Phi) is 6.45. The van der Waals surface area contributed by atoms with Crippen LogP contribution in [0.25, 0.3) is 0 Å². The minimum absolute atomic E-state index is 0.165. The van der Waals surface area contributed by atoms with E-state index in [0.717, 1.165) is 11.5 Å². The molecule has 0 aliphatic carbocycles. The summed E-state index contributed by atoms with van der Waals surface area (Å²) in [7, 11) is 0. The second-order valence-electron chi connectivity index (χ2n) is 7.28. The molecule has 1 aliphatic heterocycles. The van der Waals surface area contributed by atoms with E-state index in [-0.39, 0.29) is 17.2 Å². The molecule has 166 valence electrons. The van der Waals surface area contributed by atoms with Gasteiger partial charge in [0.25, 0.3) is 11.8 Å². The highest BCUT2D eigenvalue weighted by molar-refractivity contribution is 6.03. The summed E-state index contributed by atoms with van der Waals surface area (Å²) in [6.07, 6.45) is 3.21. The summed E-state index contributed by atoms with van der Waals surface area (Å²) in [5, 5.41) is 0. The van der Waals surface area contributed by atoms with Gasteiger partial charge >= 0.3 is 0 Å². The Hall–Kier alpha value is -4.46. The predicted molar refractivity (Wildman–Crippen MR) is 125 cm³/mol. The van der Waals surface area contributed by atoms with Gasteiger partial charge in [-0.15, -0.1) is 0 Å². The first kappa shape index (κ1) is 21.8. The summed E-state index contributed by atoms with van der Waals surface area (Å²) in [6.45, 7) is 4.52. The van der Waals surface area contributed by atoms with Crippen LogP contribution in [0.1, 0.15) is 16.8 Å². The Morgan fingerprint density at radius 1 is 1.03 bits per heavy atom. The number of hydrogen-bond acceptors (Lipinski definition) is 6. The van der Waals surface area contributed by atoms with E-state index in [4.69, 9.17) is 15.2 Å². The van der Waals surface area contributed by atoms with E-state index in [1.165, 1.54) is 12.3 Å². The van der Waals surface area contributed by atoms with E-state index in [0.29, 0.717) is 36.8 Å². The maximum Gasteiger partial charge on any atom is 0.269 e. The third-order valence-corrected chi connectivity index (χ3v) is 4.96. The van der Waals surface area contributed by atoms with Crippen molar-refractivity contribution < 1.29 is 19.1 Å². The molecule has 2 N–H and O–H groups in total. The zero-order valence-electron chi connectivity index (χ0n) is 17.8. The molecule has 1 saturated heterocycles. The molecule has 3 aromatic rings. The lowest BCUT2D eigenvalue weighted by Gasteiger charge is -2.18. The lowest BCUT2D eigenvalue weighted by molar-refractivity contribution is -0.113. The molecule has 0 spiro atoms. The zero-order chi connectivity index (χ0) is 23.2. The minimum atomic E-state index is -0.645. The van der Waals surface area contributed by atoms with Crippen molar-refractivity contribution >= 4 is 23.3 Å². The van der Waals surface area contributed by atoms with Gasteiger partial charge in [-0.2, -0.15) is 0 Å². The number of hydrogen-bond donors (Lipinski definition) is 1. The lowest BCUT2D eigenvalue weighted by Crippen LogP contribution is -2.22. The first-order valence-electron chi connectivity index (χ1n) is 10.3. The van der Waals surface area contributed by atoms with Gasteiger partial charge in [-0.25, -0.2) is 9.98 Å². The van der Waals surface area contributed by atoms with E-state index < -0.39 is 5.91 Å². The lowest BCUT2D eigenvalue weighted by atomic mass is 10.2. The molecule has 8 heteroatoms. The fourth-order valence-corrected chi connectivity index (χ4v) is 3.33. The first-order chi connectivity index (χ1) is 16.0. The summed E-state index contributed by atoms with van der Waals surface area (Å²) < 4.78 is 11.8. The number of carbonyl (C=O) groups excluding carboxylic acids is 2. The van der Waals surface area contributed by atoms with Crippen LogP contribution >= 0.6 is 0 Å². The van der Waals surface area contributed by atoms with E-state index in [2.05, 4.69) is 16.6 Å². The third-order valence-electron chi connectivity index (χ3n) is 4.96. The average molecular weight is 442 g/mol. The number of anilines is 1. The molecule has 0 radical (unpaired) electrons. The molecule has 0 unspecified atom stereocenters. The van der Waals surface area contributed by atoms with Gasteiger partial charge in [-0.1, -0.05) is 24.8 Å². The Bertz CT molecular complexity index is 1210. The van der Waals surface area contributed by atoms with Crippen molar-refractivity contribution in [3.63, 3.8) is 0 Å². The van der Waals surface area contributed by atoms with Gasteiger partial charge in [0.1, 0.15) is 34.4 Å². The van der Waals surface area contributed by atoms with Crippen LogP contribution in [0.15, 0.2) is 84.5 Å². The molecular formula is C25H22N4O4. The van der Waals surface area contributed by atoms with Gasteiger partial charge in [0.05, 0.1) is 6.54 Å². The van der Waals surface area contributed by atoms with Crippen LogP contribution in [0.4, 0.5) is 5.82 Å².